The molecule has 1 N–H and O–H groups in total. The maximum Gasteiger partial charge on any atom is 0.390 e. The van der Waals surface area contributed by atoms with Gasteiger partial charge in [-0.2, -0.15) is 13.2 Å². The molecular weight excluding hydrogens is 233 g/mol. The van der Waals surface area contributed by atoms with E-state index in [9.17, 15) is 18.3 Å². The van der Waals surface area contributed by atoms with Crippen molar-refractivity contribution in [1.82, 2.24) is 4.98 Å². The Balaban J connectivity index is 2.60. The van der Waals surface area contributed by atoms with Crippen LogP contribution in [0.15, 0.2) is 18.3 Å². The lowest BCUT2D eigenvalue weighted by atomic mass is 10.2. The van der Waals surface area contributed by atoms with Gasteiger partial charge in [-0.3, -0.25) is 0 Å². The highest BCUT2D eigenvalue weighted by Gasteiger charge is 2.27. The molecule has 1 aromatic rings. The number of nitrogens with zero attached hydrogens (tertiary/aromatic N) is 2. The number of alkyl halides is 3. The number of aromatic nitrogens is 1. The molecule has 0 amide bonds. The molecule has 6 heteroatoms. The summed E-state index contributed by atoms with van der Waals surface area (Å²) in [4.78, 5) is 5.43. The second kappa shape index (κ2) is 5.35. The van der Waals surface area contributed by atoms with Gasteiger partial charge in [0.1, 0.15) is 5.82 Å². The average Bonchev–Trinajstić information content (AvgIpc) is 2.25. The van der Waals surface area contributed by atoms with Gasteiger partial charge in [-0.15, -0.1) is 0 Å². The van der Waals surface area contributed by atoms with Crippen LogP contribution in [0.2, 0.25) is 0 Å². The predicted molar refractivity (Wildman–Crippen MR) is 58.8 cm³/mol. The van der Waals surface area contributed by atoms with Crippen LogP contribution in [0.3, 0.4) is 0 Å². The topological polar surface area (TPSA) is 36.4 Å². The molecule has 1 aromatic heterocycles. The van der Waals surface area contributed by atoms with Crippen molar-refractivity contribution in [1.29, 1.82) is 0 Å². The molecule has 0 bridgehead atoms. The smallest absolute Gasteiger partial charge is 0.389 e. The number of halogens is 3. The van der Waals surface area contributed by atoms with E-state index in [4.69, 9.17) is 0 Å². The second-order valence-corrected chi connectivity index (χ2v) is 3.91. The highest BCUT2D eigenvalue weighted by molar-refractivity contribution is 5.38. The van der Waals surface area contributed by atoms with Gasteiger partial charge in [0.05, 0.1) is 12.5 Å². The fourth-order valence-corrected chi connectivity index (χ4v) is 1.28. The predicted octanol–water partition coefficient (Wildman–Crippen LogP) is 2.52. The molecule has 0 unspecified atom stereocenters. The molecule has 0 aliphatic carbocycles. The van der Waals surface area contributed by atoms with Gasteiger partial charge >= 0.3 is 6.18 Å². The molecule has 0 radical (unpaired) electrons. The van der Waals surface area contributed by atoms with E-state index in [1.54, 1.807) is 26.1 Å². The lowest BCUT2D eigenvalue weighted by molar-refractivity contribution is -0.132. The van der Waals surface area contributed by atoms with Crippen LogP contribution in [0.5, 0.6) is 0 Å². The van der Waals surface area contributed by atoms with Crippen molar-refractivity contribution in [3.63, 3.8) is 0 Å². The lowest BCUT2D eigenvalue weighted by Gasteiger charge is -2.19. The Hall–Kier alpha value is -1.30. The molecule has 3 nitrogen and oxygen atoms in total. The molecule has 1 atom stereocenters. The second-order valence-electron chi connectivity index (χ2n) is 3.91. The van der Waals surface area contributed by atoms with E-state index < -0.39 is 18.7 Å². The van der Waals surface area contributed by atoms with E-state index in [0.717, 1.165) is 0 Å². The van der Waals surface area contributed by atoms with Gasteiger partial charge in [0.2, 0.25) is 0 Å². The zero-order chi connectivity index (χ0) is 13.1. The molecule has 0 saturated heterocycles. The summed E-state index contributed by atoms with van der Waals surface area (Å²) >= 11 is 0. The van der Waals surface area contributed by atoms with E-state index in [0.29, 0.717) is 11.4 Å². The summed E-state index contributed by atoms with van der Waals surface area (Å²) in [5, 5.41) is 9.26. The van der Waals surface area contributed by atoms with E-state index in [-0.39, 0.29) is 6.54 Å². The number of hydrogen-bond donors (Lipinski definition) is 1. The average molecular weight is 248 g/mol. The first-order valence-corrected chi connectivity index (χ1v) is 5.21. The minimum atomic E-state index is -4.16. The zero-order valence-corrected chi connectivity index (χ0v) is 9.70. The summed E-state index contributed by atoms with van der Waals surface area (Å²) in [7, 11) is 1.55. The molecule has 0 aliphatic heterocycles. The molecule has 0 aliphatic rings. The molecule has 0 spiro atoms. The third-order valence-electron chi connectivity index (χ3n) is 2.37. The van der Waals surface area contributed by atoms with Crippen LogP contribution in [0.1, 0.15) is 25.0 Å². The molecule has 17 heavy (non-hydrogen) atoms. The fourth-order valence-electron chi connectivity index (χ4n) is 1.28. The van der Waals surface area contributed by atoms with E-state index in [2.05, 4.69) is 4.98 Å². The monoisotopic (exact) mass is 248 g/mol. The number of anilines is 1. The Morgan fingerprint density at radius 2 is 2.06 bits per heavy atom. The van der Waals surface area contributed by atoms with Crippen molar-refractivity contribution in [3.8, 4) is 0 Å². The van der Waals surface area contributed by atoms with Crippen molar-refractivity contribution in [2.75, 3.05) is 18.5 Å². The molecule has 1 heterocycles. The summed E-state index contributed by atoms with van der Waals surface area (Å²) in [5.41, 5.74) is 0.637. The van der Waals surface area contributed by atoms with Crippen LogP contribution >= 0.6 is 0 Å². The van der Waals surface area contributed by atoms with Crippen LogP contribution in [0, 0.1) is 0 Å². The van der Waals surface area contributed by atoms with Gasteiger partial charge in [0.15, 0.2) is 0 Å². The van der Waals surface area contributed by atoms with Crippen molar-refractivity contribution < 1.29 is 18.3 Å². The van der Waals surface area contributed by atoms with Crippen molar-refractivity contribution in [2.24, 2.45) is 0 Å². The first-order chi connectivity index (χ1) is 7.79. The zero-order valence-electron chi connectivity index (χ0n) is 9.70. The number of hydrogen-bond acceptors (Lipinski definition) is 3. The summed E-state index contributed by atoms with van der Waals surface area (Å²) in [6.07, 6.45) is -4.20. The number of aliphatic hydroxyl groups excluding tert-OH is 1. The Morgan fingerprint density at radius 3 is 2.47 bits per heavy atom. The standard InChI is InChI=1S/C11H15F3N2O/c1-8(17)9-3-4-10(15-7-9)16(2)6-5-11(12,13)14/h3-4,7-8,17H,5-6H2,1-2H3/t8-/m0/s1. The molecule has 0 saturated carbocycles. The maximum absolute atomic E-state index is 12.0. The molecule has 1 rings (SSSR count). The van der Waals surface area contributed by atoms with Crippen LogP contribution in [0.25, 0.3) is 0 Å². The minimum Gasteiger partial charge on any atom is -0.389 e. The molecule has 0 aromatic carbocycles. The Labute approximate surface area is 97.9 Å². The highest BCUT2D eigenvalue weighted by atomic mass is 19.4. The first-order valence-electron chi connectivity index (χ1n) is 5.21. The van der Waals surface area contributed by atoms with Gasteiger partial charge in [-0.25, -0.2) is 4.98 Å². The maximum atomic E-state index is 12.0. The third kappa shape index (κ3) is 4.60. The highest BCUT2D eigenvalue weighted by Crippen LogP contribution is 2.21. The van der Waals surface area contributed by atoms with Gasteiger partial charge in [0.25, 0.3) is 0 Å². The van der Waals surface area contributed by atoms with Crippen LogP contribution in [-0.4, -0.2) is 29.9 Å². The summed E-state index contributed by atoms with van der Waals surface area (Å²) < 4.78 is 36.1. The van der Waals surface area contributed by atoms with Gasteiger partial charge in [-0.05, 0) is 18.6 Å². The number of rotatable bonds is 4. The first kappa shape index (κ1) is 13.8. The van der Waals surface area contributed by atoms with Crippen LogP contribution in [-0.2, 0) is 0 Å². The minimum absolute atomic E-state index is 0.134. The van der Waals surface area contributed by atoms with E-state index in [1.807, 2.05) is 0 Å². The van der Waals surface area contributed by atoms with Crippen LogP contribution < -0.4 is 4.90 Å². The van der Waals surface area contributed by atoms with E-state index >= 15 is 0 Å². The SMILES string of the molecule is C[C@H](O)c1ccc(N(C)CCC(F)(F)F)nc1. The van der Waals surface area contributed by atoms with Crippen LogP contribution in [0.4, 0.5) is 19.0 Å². The Morgan fingerprint density at radius 1 is 1.41 bits per heavy atom. The summed E-state index contributed by atoms with van der Waals surface area (Å²) in [6, 6.07) is 3.25. The molecule has 96 valence electrons. The normalized spacial score (nSPS) is 13.5. The van der Waals surface area contributed by atoms with Crippen molar-refractivity contribution >= 4 is 5.82 Å². The van der Waals surface area contributed by atoms with Gasteiger partial charge in [-0.1, -0.05) is 6.07 Å². The lowest BCUT2D eigenvalue weighted by Crippen LogP contribution is -2.24. The van der Waals surface area contributed by atoms with Gasteiger partial charge in [0, 0.05) is 19.8 Å². The summed E-state index contributed by atoms with van der Waals surface area (Å²) in [6.45, 7) is 1.47. The molecule has 0 fully saturated rings. The van der Waals surface area contributed by atoms with Crippen molar-refractivity contribution in [2.45, 2.75) is 25.6 Å². The Bertz CT molecular complexity index is 349. The quantitative estimate of drug-likeness (QED) is 0.889. The summed E-state index contributed by atoms with van der Waals surface area (Å²) in [5.74, 6) is 0.457. The fraction of sp³-hybridized carbons (Fsp3) is 0.545. The largest absolute Gasteiger partial charge is 0.390 e. The van der Waals surface area contributed by atoms with E-state index in [1.165, 1.54) is 11.1 Å². The number of pyridine rings is 1. The Kier molecular flexibility index (Phi) is 4.34. The van der Waals surface area contributed by atoms with Gasteiger partial charge < -0.3 is 10.0 Å². The third-order valence-corrected chi connectivity index (χ3v) is 2.37. The van der Waals surface area contributed by atoms with Crippen molar-refractivity contribution in [3.05, 3.63) is 23.9 Å². The molecular formula is C11H15F3N2O. The number of aliphatic hydroxyl groups is 1.